The van der Waals surface area contributed by atoms with E-state index in [1.54, 1.807) is 26.0 Å². The van der Waals surface area contributed by atoms with Crippen LogP contribution in [0.3, 0.4) is 0 Å². The van der Waals surface area contributed by atoms with E-state index in [9.17, 15) is 31.1 Å². The molecule has 0 aliphatic rings. The normalized spacial score (nSPS) is 12.1. The van der Waals surface area contributed by atoms with Gasteiger partial charge in [-0.3, -0.25) is 4.79 Å². The molecule has 0 fully saturated rings. The zero-order valence-electron chi connectivity index (χ0n) is 30.5. The molecule has 286 valence electrons. The largest absolute Gasteiger partial charge is 0.496 e. The third kappa shape index (κ3) is 9.82. The molecule has 0 saturated heterocycles. The third-order valence-corrected chi connectivity index (χ3v) is 8.41. The Bertz CT molecular complexity index is 1860. The van der Waals surface area contributed by atoms with Gasteiger partial charge in [0.05, 0.1) is 57.4 Å². The Kier molecular flexibility index (Phi) is 12.4. The molecule has 15 heteroatoms. The maximum Gasteiger partial charge on any atom is 0.416 e. The molecule has 0 N–H and O–H groups in total. The first-order valence-corrected chi connectivity index (χ1v) is 16.3. The molecule has 1 heterocycles. The van der Waals surface area contributed by atoms with Crippen LogP contribution in [0.25, 0.3) is 11.1 Å². The summed E-state index contributed by atoms with van der Waals surface area (Å²) in [7, 11) is 5.66. The molecule has 0 unspecified atom stereocenters. The van der Waals surface area contributed by atoms with E-state index in [1.165, 1.54) is 45.7 Å². The highest BCUT2D eigenvalue weighted by Crippen LogP contribution is 2.42. The van der Waals surface area contributed by atoms with Gasteiger partial charge < -0.3 is 28.6 Å². The number of alkyl halides is 6. The average Bonchev–Trinajstić information content (AvgIpc) is 3.12. The number of esters is 1. The van der Waals surface area contributed by atoms with E-state index >= 15 is 0 Å². The molecule has 0 atom stereocenters. The highest BCUT2D eigenvalue weighted by atomic mass is 19.4. The maximum atomic E-state index is 13.9. The number of hydrogen-bond acceptors (Lipinski definition) is 9. The molecule has 0 radical (unpaired) electrons. The number of anilines is 1. The molecule has 9 nitrogen and oxygen atoms in total. The summed E-state index contributed by atoms with van der Waals surface area (Å²) in [5.41, 5.74) is -1.45. The zero-order chi connectivity index (χ0) is 39.3. The Labute approximate surface area is 303 Å². The molecule has 0 amide bonds. The number of carbonyl (C=O) groups is 1. The molecule has 53 heavy (non-hydrogen) atoms. The summed E-state index contributed by atoms with van der Waals surface area (Å²) in [6, 6.07) is 10.5. The SMILES string of the molecule is COC(=O)C(C)(C)COc1cnc(N(Cc2cc(C(F)(F)F)cc(C(F)(F)F)c2)Cc2cc(OC)c(OC)cc2-c2cc(C(C)C)ccc2OC)nc1. The first kappa shape index (κ1) is 40.6. The minimum absolute atomic E-state index is 0.0424. The van der Waals surface area contributed by atoms with Crippen LogP contribution in [0.15, 0.2) is 60.9 Å². The second kappa shape index (κ2) is 16.2. The highest BCUT2D eigenvalue weighted by Gasteiger charge is 2.37. The molecule has 4 aromatic rings. The standard InChI is InChI=1S/C38H41F6N3O6/c1-22(2)24-9-10-31(49-5)30(13-24)29-16-33(51-7)32(50-6)14-25(29)20-47(19-23-11-26(37(39,40)41)15-27(12-23)38(42,43)44)35-45-17-28(18-46-35)53-21-36(3,4)34(48)52-8/h9-18,22H,19-21H2,1-8H3. The van der Waals surface area contributed by atoms with Crippen molar-refractivity contribution in [3.8, 4) is 34.1 Å². The van der Waals surface area contributed by atoms with Gasteiger partial charge in [0.2, 0.25) is 5.95 Å². The minimum Gasteiger partial charge on any atom is -0.496 e. The fourth-order valence-electron chi connectivity index (χ4n) is 5.48. The fourth-order valence-corrected chi connectivity index (χ4v) is 5.48. The summed E-state index contributed by atoms with van der Waals surface area (Å²) >= 11 is 0. The quantitative estimate of drug-likeness (QED) is 0.0925. The monoisotopic (exact) mass is 749 g/mol. The van der Waals surface area contributed by atoms with Gasteiger partial charge in [0.1, 0.15) is 12.4 Å². The Morgan fingerprint density at radius 2 is 1.30 bits per heavy atom. The smallest absolute Gasteiger partial charge is 0.416 e. The van der Waals surface area contributed by atoms with E-state index in [1.807, 2.05) is 32.0 Å². The van der Waals surface area contributed by atoms with Gasteiger partial charge in [-0.25, -0.2) is 9.97 Å². The molecule has 0 aliphatic carbocycles. The summed E-state index contributed by atoms with van der Waals surface area (Å²) in [6.45, 7) is 6.59. The second-order valence-corrected chi connectivity index (χ2v) is 13.1. The molecular formula is C38H41F6N3O6. The molecule has 0 saturated carbocycles. The van der Waals surface area contributed by atoms with Crippen molar-refractivity contribution in [2.45, 2.75) is 59.1 Å². The lowest BCUT2D eigenvalue weighted by atomic mass is 9.93. The van der Waals surface area contributed by atoms with Crippen LogP contribution in [0.5, 0.6) is 23.0 Å². The third-order valence-electron chi connectivity index (χ3n) is 8.41. The van der Waals surface area contributed by atoms with Crippen LogP contribution in [0, 0.1) is 5.41 Å². The van der Waals surface area contributed by atoms with Crippen molar-refractivity contribution in [1.82, 2.24) is 9.97 Å². The van der Waals surface area contributed by atoms with Crippen LogP contribution in [0.2, 0.25) is 0 Å². The summed E-state index contributed by atoms with van der Waals surface area (Å²) in [4.78, 5) is 22.3. The van der Waals surface area contributed by atoms with Crippen molar-refractivity contribution in [3.63, 3.8) is 0 Å². The number of benzene rings is 3. The minimum atomic E-state index is -5.05. The van der Waals surface area contributed by atoms with Gasteiger partial charge in [-0.15, -0.1) is 0 Å². The number of carbonyl (C=O) groups excluding carboxylic acids is 1. The van der Waals surface area contributed by atoms with Crippen molar-refractivity contribution >= 4 is 11.9 Å². The Hall–Kier alpha value is -5.21. The van der Waals surface area contributed by atoms with E-state index in [0.29, 0.717) is 46.1 Å². The predicted octanol–water partition coefficient (Wildman–Crippen LogP) is 9.12. The Morgan fingerprint density at radius 3 is 1.81 bits per heavy atom. The van der Waals surface area contributed by atoms with Crippen LogP contribution in [0.4, 0.5) is 32.3 Å². The number of hydrogen-bond donors (Lipinski definition) is 0. The number of aromatic nitrogens is 2. The van der Waals surface area contributed by atoms with E-state index in [0.717, 1.165) is 5.56 Å². The van der Waals surface area contributed by atoms with Gasteiger partial charge in [-0.05, 0) is 84.5 Å². The molecule has 0 spiro atoms. The van der Waals surface area contributed by atoms with E-state index in [4.69, 9.17) is 23.7 Å². The summed E-state index contributed by atoms with van der Waals surface area (Å²) in [6.07, 6.45) is -7.52. The van der Waals surface area contributed by atoms with Crippen LogP contribution in [-0.4, -0.2) is 51.0 Å². The Balaban J connectivity index is 1.89. The van der Waals surface area contributed by atoms with Crippen molar-refractivity contribution in [2.24, 2.45) is 5.41 Å². The van der Waals surface area contributed by atoms with Crippen LogP contribution >= 0.6 is 0 Å². The van der Waals surface area contributed by atoms with Crippen LogP contribution in [0.1, 0.15) is 61.4 Å². The van der Waals surface area contributed by atoms with Crippen molar-refractivity contribution < 1.29 is 54.8 Å². The highest BCUT2D eigenvalue weighted by molar-refractivity contribution is 5.77. The zero-order valence-corrected chi connectivity index (χ0v) is 30.5. The second-order valence-electron chi connectivity index (χ2n) is 13.1. The number of halogens is 6. The van der Waals surface area contributed by atoms with Gasteiger partial charge in [-0.2, -0.15) is 26.3 Å². The maximum absolute atomic E-state index is 13.9. The van der Waals surface area contributed by atoms with Gasteiger partial charge in [0.15, 0.2) is 17.2 Å². The first-order chi connectivity index (χ1) is 24.8. The molecule has 1 aromatic heterocycles. The molecule has 0 bridgehead atoms. The summed E-state index contributed by atoms with van der Waals surface area (Å²) in [5, 5.41) is 0. The first-order valence-electron chi connectivity index (χ1n) is 16.3. The molecule has 3 aromatic carbocycles. The number of methoxy groups -OCH3 is 4. The summed E-state index contributed by atoms with van der Waals surface area (Å²) < 4.78 is 111. The topological polar surface area (TPSA) is 92.2 Å². The predicted molar refractivity (Wildman–Crippen MR) is 185 cm³/mol. The van der Waals surface area contributed by atoms with Crippen LogP contribution < -0.4 is 23.8 Å². The fraction of sp³-hybridized carbons (Fsp3) is 0.395. The van der Waals surface area contributed by atoms with Crippen molar-refractivity contribution in [2.75, 3.05) is 39.9 Å². The van der Waals surface area contributed by atoms with Crippen LogP contribution in [-0.2, 0) is 35.0 Å². The lowest BCUT2D eigenvalue weighted by Crippen LogP contribution is -2.32. The lowest BCUT2D eigenvalue weighted by molar-refractivity contribution is -0.152. The van der Waals surface area contributed by atoms with Crippen molar-refractivity contribution in [3.05, 3.63) is 88.7 Å². The van der Waals surface area contributed by atoms with E-state index in [-0.39, 0.29) is 42.4 Å². The van der Waals surface area contributed by atoms with Gasteiger partial charge in [0, 0.05) is 18.7 Å². The van der Waals surface area contributed by atoms with Gasteiger partial charge >= 0.3 is 18.3 Å². The van der Waals surface area contributed by atoms with Gasteiger partial charge in [-0.1, -0.05) is 19.9 Å². The van der Waals surface area contributed by atoms with E-state index < -0.39 is 41.4 Å². The number of rotatable bonds is 14. The molecule has 0 aliphatic heterocycles. The average molecular weight is 750 g/mol. The lowest BCUT2D eigenvalue weighted by Gasteiger charge is -2.27. The number of ether oxygens (including phenoxy) is 5. The summed E-state index contributed by atoms with van der Waals surface area (Å²) in [5.74, 6) is 0.939. The molecular weight excluding hydrogens is 708 g/mol. The van der Waals surface area contributed by atoms with E-state index in [2.05, 4.69) is 9.97 Å². The molecule has 4 rings (SSSR count). The Morgan fingerprint density at radius 1 is 0.736 bits per heavy atom. The van der Waals surface area contributed by atoms with Gasteiger partial charge in [0.25, 0.3) is 0 Å². The van der Waals surface area contributed by atoms with Crippen molar-refractivity contribution in [1.29, 1.82) is 0 Å². The number of nitrogens with zero attached hydrogens (tertiary/aromatic N) is 3.